The maximum absolute atomic E-state index is 4.07. The van der Waals surface area contributed by atoms with Crippen LogP contribution < -0.4 is 5.32 Å². The highest BCUT2D eigenvalue weighted by Gasteiger charge is 2.27. The van der Waals surface area contributed by atoms with Crippen molar-refractivity contribution in [3.63, 3.8) is 0 Å². The van der Waals surface area contributed by atoms with E-state index in [0.717, 1.165) is 18.4 Å². The summed E-state index contributed by atoms with van der Waals surface area (Å²) >= 11 is 0. The van der Waals surface area contributed by atoms with E-state index in [0.29, 0.717) is 0 Å². The summed E-state index contributed by atoms with van der Waals surface area (Å²) in [5, 5.41) is 3.41. The maximum Gasteiger partial charge on any atom is 0.0143 e. The second kappa shape index (κ2) is 4.54. The third-order valence-electron chi connectivity index (χ3n) is 2.75. The van der Waals surface area contributed by atoms with Crippen LogP contribution in [0.25, 0.3) is 0 Å². The Morgan fingerprint density at radius 2 is 2.17 bits per heavy atom. The summed E-state index contributed by atoms with van der Waals surface area (Å²) in [5.41, 5.74) is 1.28. The van der Waals surface area contributed by atoms with Crippen molar-refractivity contribution in [3.8, 4) is 0 Å². The van der Waals surface area contributed by atoms with Crippen LogP contribution in [0.15, 0.2) is 12.3 Å². The van der Waals surface area contributed by atoms with Gasteiger partial charge in [0.2, 0.25) is 0 Å². The van der Waals surface area contributed by atoms with Gasteiger partial charge in [0, 0.05) is 12.2 Å². The van der Waals surface area contributed by atoms with Crippen LogP contribution in [0, 0.1) is 11.8 Å². The highest BCUT2D eigenvalue weighted by molar-refractivity contribution is 5.03. The molecule has 0 heterocycles. The molecule has 0 aromatic rings. The Balaban J connectivity index is 2.04. The second-order valence-electron chi connectivity index (χ2n) is 4.08. The van der Waals surface area contributed by atoms with E-state index in [2.05, 4.69) is 25.7 Å². The Kier molecular flexibility index (Phi) is 3.64. The number of nitrogens with one attached hydrogen (secondary N) is 1. The Morgan fingerprint density at radius 1 is 1.50 bits per heavy atom. The second-order valence-corrected chi connectivity index (χ2v) is 4.08. The predicted molar refractivity (Wildman–Crippen MR) is 53.9 cm³/mol. The number of rotatable bonds is 5. The lowest BCUT2D eigenvalue weighted by atomic mass is 9.74. The van der Waals surface area contributed by atoms with Gasteiger partial charge in [0.25, 0.3) is 0 Å². The molecule has 0 atom stereocenters. The summed E-state index contributed by atoms with van der Waals surface area (Å²) in [6.07, 6.45) is 5.22. The Labute approximate surface area is 76.2 Å². The van der Waals surface area contributed by atoms with Gasteiger partial charge in [0.15, 0.2) is 0 Å². The van der Waals surface area contributed by atoms with E-state index in [1.54, 1.807) is 0 Å². The first-order valence-electron chi connectivity index (χ1n) is 5.16. The first kappa shape index (κ1) is 9.63. The normalized spacial score (nSPS) is 27.8. The average molecular weight is 167 g/mol. The summed E-state index contributed by atoms with van der Waals surface area (Å²) in [6, 6.07) is 0. The van der Waals surface area contributed by atoms with Gasteiger partial charge < -0.3 is 5.32 Å². The van der Waals surface area contributed by atoms with Crippen molar-refractivity contribution < 1.29 is 0 Å². The highest BCUT2D eigenvalue weighted by Crippen LogP contribution is 2.36. The van der Waals surface area contributed by atoms with E-state index in [1.165, 1.54) is 31.4 Å². The molecule has 0 aromatic heterocycles. The minimum absolute atomic E-state index is 0.775. The molecule has 0 amide bonds. The number of hydrogen-bond acceptors (Lipinski definition) is 1. The zero-order valence-electron chi connectivity index (χ0n) is 8.40. The first-order chi connectivity index (χ1) is 5.74. The summed E-state index contributed by atoms with van der Waals surface area (Å²) in [6.45, 7) is 9.72. The fourth-order valence-electron chi connectivity index (χ4n) is 1.76. The maximum atomic E-state index is 4.07. The van der Waals surface area contributed by atoms with Crippen LogP contribution in [-0.2, 0) is 0 Å². The molecule has 1 heteroatoms. The lowest BCUT2D eigenvalue weighted by molar-refractivity contribution is 0.240. The van der Waals surface area contributed by atoms with Gasteiger partial charge >= 0.3 is 0 Å². The Morgan fingerprint density at radius 3 is 2.67 bits per heavy atom. The van der Waals surface area contributed by atoms with Crippen molar-refractivity contribution in [1.29, 1.82) is 0 Å². The van der Waals surface area contributed by atoms with Crippen molar-refractivity contribution in [1.82, 2.24) is 5.32 Å². The third-order valence-corrected chi connectivity index (χ3v) is 2.75. The fraction of sp³-hybridized carbons (Fsp3) is 0.818. The van der Waals surface area contributed by atoms with E-state index in [-0.39, 0.29) is 0 Å². The molecule has 1 nitrogen and oxygen atoms in total. The molecule has 12 heavy (non-hydrogen) atoms. The molecular weight excluding hydrogens is 146 g/mol. The van der Waals surface area contributed by atoms with Gasteiger partial charge in [-0.15, -0.1) is 0 Å². The van der Waals surface area contributed by atoms with E-state index in [1.807, 2.05) is 0 Å². The lowest BCUT2D eigenvalue weighted by Gasteiger charge is -2.34. The molecule has 0 unspecified atom stereocenters. The molecule has 0 radical (unpaired) electrons. The SMILES string of the molecule is C=C(NCCCC)C1CC(C)C1. The van der Waals surface area contributed by atoms with Crippen LogP contribution in [0.5, 0.6) is 0 Å². The molecule has 0 spiro atoms. The largest absolute Gasteiger partial charge is 0.389 e. The van der Waals surface area contributed by atoms with E-state index < -0.39 is 0 Å². The highest BCUT2D eigenvalue weighted by atomic mass is 14.9. The van der Waals surface area contributed by atoms with Gasteiger partial charge in [-0.2, -0.15) is 0 Å². The molecule has 70 valence electrons. The van der Waals surface area contributed by atoms with Gasteiger partial charge in [-0.25, -0.2) is 0 Å². The van der Waals surface area contributed by atoms with E-state index >= 15 is 0 Å². The van der Waals surface area contributed by atoms with Crippen molar-refractivity contribution in [3.05, 3.63) is 12.3 Å². The molecule has 1 aliphatic carbocycles. The fourth-order valence-corrected chi connectivity index (χ4v) is 1.76. The molecule has 1 aliphatic rings. The molecule has 1 N–H and O–H groups in total. The van der Waals surface area contributed by atoms with Crippen molar-refractivity contribution in [2.24, 2.45) is 11.8 Å². The molecule has 0 aliphatic heterocycles. The van der Waals surface area contributed by atoms with Crippen LogP contribution >= 0.6 is 0 Å². The van der Waals surface area contributed by atoms with Crippen molar-refractivity contribution in [2.75, 3.05) is 6.54 Å². The average Bonchev–Trinajstić information content (AvgIpc) is 1.99. The van der Waals surface area contributed by atoms with Crippen molar-refractivity contribution >= 4 is 0 Å². The van der Waals surface area contributed by atoms with Gasteiger partial charge in [-0.3, -0.25) is 0 Å². The van der Waals surface area contributed by atoms with Crippen LogP contribution in [-0.4, -0.2) is 6.54 Å². The number of unbranched alkanes of at least 4 members (excludes halogenated alkanes) is 1. The Hall–Kier alpha value is -0.460. The minimum Gasteiger partial charge on any atom is -0.389 e. The van der Waals surface area contributed by atoms with Crippen LogP contribution in [0.2, 0.25) is 0 Å². The Bertz CT molecular complexity index is 145. The van der Waals surface area contributed by atoms with Crippen molar-refractivity contribution in [2.45, 2.75) is 39.5 Å². The zero-order chi connectivity index (χ0) is 8.97. The van der Waals surface area contributed by atoms with Gasteiger partial charge in [-0.1, -0.05) is 26.8 Å². The molecule has 0 aromatic carbocycles. The third kappa shape index (κ3) is 2.54. The molecule has 0 bridgehead atoms. The lowest BCUT2D eigenvalue weighted by Crippen LogP contribution is -2.29. The summed E-state index contributed by atoms with van der Waals surface area (Å²) < 4.78 is 0. The zero-order valence-corrected chi connectivity index (χ0v) is 8.40. The van der Waals surface area contributed by atoms with Crippen LogP contribution in [0.4, 0.5) is 0 Å². The smallest absolute Gasteiger partial charge is 0.0143 e. The number of allylic oxidation sites excluding steroid dienone is 1. The van der Waals surface area contributed by atoms with E-state index in [4.69, 9.17) is 0 Å². The molecule has 1 rings (SSSR count). The number of hydrogen-bond donors (Lipinski definition) is 1. The summed E-state index contributed by atoms with van der Waals surface area (Å²) in [5.74, 6) is 1.71. The minimum atomic E-state index is 0.775. The van der Waals surface area contributed by atoms with Gasteiger partial charge in [0.1, 0.15) is 0 Å². The molecule has 1 fully saturated rings. The first-order valence-corrected chi connectivity index (χ1v) is 5.16. The standard InChI is InChI=1S/C11H21N/c1-4-5-6-12-10(3)11-7-9(2)8-11/h9,11-12H,3-8H2,1-2H3. The monoisotopic (exact) mass is 167 g/mol. The molecular formula is C11H21N. The van der Waals surface area contributed by atoms with Gasteiger partial charge in [0.05, 0.1) is 0 Å². The quantitative estimate of drug-likeness (QED) is 0.621. The molecule has 0 saturated heterocycles. The topological polar surface area (TPSA) is 12.0 Å². The van der Waals surface area contributed by atoms with Crippen LogP contribution in [0.1, 0.15) is 39.5 Å². The van der Waals surface area contributed by atoms with E-state index in [9.17, 15) is 0 Å². The van der Waals surface area contributed by atoms with Crippen LogP contribution in [0.3, 0.4) is 0 Å². The predicted octanol–water partition coefficient (Wildman–Crippen LogP) is 2.94. The molecule has 1 saturated carbocycles. The summed E-state index contributed by atoms with van der Waals surface area (Å²) in [4.78, 5) is 0. The summed E-state index contributed by atoms with van der Waals surface area (Å²) in [7, 11) is 0. The van der Waals surface area contributed by atoms with Gasteiger partial charge in [-0.05, 0) is 31.1 Å².